The number of carbonyl (C=O) groups excluding carboxylic acids is 2. The van der Waals surface area contributed by atoms with Crippen LogP contribution in [-0.4, -0.2) is 69.0 Å². The monoisotopic (exact) mass is 311 g/mol. The number of benzene rings is 1. The van der Waals surface area contributed by atoms with Crippen LogP contribution < -0.4 is 0 Å². The lowest BCUT2D eigenvalue weighted by Crippen LogP contribution is -2.39. The molecule has 1 rings (SSSR count). The summed E-state index contributed by atoms with van der Waals surface area (Å²) in [5, 5.41) is 9.16. The number of phenols is 1. The van der Waals surface area contributed by atoms with E-state index < -0.39 is 5.97 Å². The maximum atomic E-state index is 12.0. The van der Waals surface area contributed by atoms with Crippen molar-refractivity contribution >= 4 is 11.9 Å². The van der Waals surface area contributed by atoms with Crippen molar-refractivity contribution < 1.29 is 28.9 Å². The summed E-state index contributed by atoms with van der Waals surface area (Å²) in [7, 11) is 3.09. The van der Waals surface area contributed by atoms with Crippen LogP contribution in [0.25, 0.3) is 0 Å². The first-order valence-corrected chi connectivity index (χ1v) is 6.80. The van der Waals surface area contributed by atoms with Crippen molar-refractivity contribution in [2.24, 2.45) is 0 Å². The second-order valence-corrected chi connectivity index (χ2v) is 4.49. The van der Waals surface area contributed by atoms with Gasteiger partial charge in [-0.3, -0.25) is 4.79 Å². The molecule has 0 atom stereocenters. The Morgan fingerprint density at radius 3 is 2.09 bits per heavy atom. The minimum atomic E-state index is -0.619. The van der Waals surface area contributed by atoms with Gasteiger partial charge in [-0.1, -0.05) is 0 Å². The molecule has 1 aromatic rings. The van der Waals surface area contributed by atoms with Gasteiger partial charge in [0.15, 0.2) is 6.61 Å². The number of carbonyl (C=O) groups is 2. The second kappa shape index (κ2) is 9.75. The molecule has 0 aliphatic rings. The van der Waals surface area contributed by atoms with Crippen LogP contribution in [0.2, 0.25) is 0 Å². The summed E-state index contributed by atoms with van der Waals surface area (Å²) < 4.78 is 14.9. The van der Waals surface area contributed by atoms with Crippen LogP contribution in [0.3, 0.4) is 0 Å². The maximum Gasteiger partial charge on any atom is 0.338 e. The lowest BCUT2D eigenvalue weighted by atomic mass is 10.2. The average molecular weight is 311 g/mol. The Hall–Kier alpha value is -2.12. The third kappa shape index (κ3) is 6.11. The van der Waals surface area contributed by atoms with Gasteiger partial charge >= 0.3 is 5.97 Å². The van der Waals surface area contributed by atoms with Gasteiger partial charge in [-0.25, -0.2) is 4.79 Å². The van der Waals surface area contributed by atoms with E-state index in [0.29, 0.717) is 26.3 Å². The Morgan fingerprint density at radius 1 is 1.05 bits per heavy atom. The van der Waals surface area contributed by atoms with Crippen molar-refractivity contribution in [2.75, 3.05) is 47.1 Å². The number of phenolic OH excluding ortho intramolecular Hbond substituents is 1. The third-order valence-electron chi connectivity index (χ3n) is 2.91. The predicted octanol–water partition coefficient (Wildman–Crippen LogP) is 0.670. The predicted molar refractivity (Wildman–Crippen MR) is 78.7 cm³/mol. The lowest BCUT2D eigenvalue weighted by molar-refractivity contribution is -0.135. The molecule has 7 heteroatoms. The molecule has 0 radical (unpaired) electrons. The Bertz CT molecular complexity index is 465. The lowest BCUT2D eigenvalue weighted by Gasteiger charge is -2.21. The van der Waals surface area contributed by atoms with E-state index in [2.05, 4.69) is 0 Å². The minimum Gasteiger partial charge on any atom is -0.508 e. The van der Waals surface area contributed by atoms with E-state index in [-0.39, 0.29) is 23.8 Å². The van der Waals surface area contributed by atoms with Crippen molar-refractivity contribution in [1.82, 2.24) is 4.90 Å². The van der Waals surface area contributed by atoms with Crippen LogP contribution in [0.15, 0.2) is 24.3 Å². The molecule has 0 aliphatic heterocycles. The van der Waals surface area contributed by atoms with Crippen molar-refractivity contribution in [3.05, 3.63) is 29.8 Å². The largest absolute Gasteiger partial charge is 0.508 e. The molecule has 1 amide bonds. The zero-order chi connectivity index (χ0) is 16.4. The summed E-state index contributed by atoms with van der Waals surface area (Å²) in [6, 6.07) is 5.61. The number of hydrogen-bond donors (Lipinski definition) is 1. The highest BCUT2D eigenvalue weighted by Gasteiger charge is 2.16. The molecule has 7 nitrogen and oxygen atoms in total. The molecular weight excluding hydrogens is 290 g/mol. The number of esters is 1. The Labute approximate surface area is 129 Å². The quantitative estimate of drug-likeness (QED) is 0.675. The molecule has 1 aromatic carbocycles. The van der Waals surface area contributed by atoms with Gasteiger partial charge in [-0.05, 0) is 24.3 Å². The van der Waals surface area contributed by atoms with E-state index in [1.54, 1.807) is 14.2 Å². The zero-order valence-electron chi connectivity index (χ0n) is 12.8. The summed E-state index contributed by atoms with van der Waals surface area (Å²) >= 11 is 0. The van der Waals surface area contributed by atoms with Crippen LogP contribution in [0.4, 0.5) is 0 Å². The topological polar surface area (TPSA) is 85.3 Å². The van der Waals surface area contributed by atoms with Crippen molar-refractivity contribution in [3.63, 3.8) is 0 Å². The van der Waals surface area contributed by atoms with Crippen LogP contribution in [-0.2, 0) is 19.0 Å². The smallest absolute Gasteiger partial charge is 0.338 e. The number of hydrogen-bond acceptors (Lipinski definition) is 6. The number of amides is 1. The van der Waals surface area contributed by atoms with E-state index in [0.717, 1.165) is 0 Å². The molecule has 1 N–H and O–H groups in total. The molecule has 0 heterocycles. The van der Waals surface area contributed by atoms with Crippen LogP contribution in [0, 0.1) is 0 Å². The molecule has 0 saturated heterocycles. The number of rotatable bonds is 9. The molecule has 0 unspecified atom stereocenters. The van der Waals surface area contributed by atoms with Gasteiger partial charge < -0.3 is 24.2 Å². The molecule has 122 valence electrons. The molecule has 0 bridgehead atoms. The average Bonchev–Trinajstić information content (AvgIpc) is 2.53. The number of aromatic hydroxyl groups is 1. The highest BCUT2D eigenvalue weighted by atomic mass is 16.5. The molecular formula is C15H21NO6. The SMILES string of the molecule is COCCN(CCOC)C(=O)COC(=O)c1ccc(O)cc1. The Balaban J connectivity index is 2.50. The summed E-state index contributed by atoms with van der Waals surface area (Å²) in [6.45, 7) is 1.22. The van der Waals surface area contributed by atoms with Crippen LogP contribution >= 0.6 is 0 Å². The first-order valence-electron chi connectivity index (χ1n) is 6.80. The minimum absolute atomic E-state index is 0.0536. The fourth-order valence-electron chi connectivity index (χ4n) is 1.66. The van der Waals surface area contributed by atoms with Gasteiger partial charge in [0.1, 0.15) is 5.75 Å². The summed E-state index contributed by atoms with van der Waals surface area (Å²) in [5.41, 5.74) is 0.269. The van der Waals surface area contributed by atoms with Crippen molar-refractivity contribution in [1.29, 1.82) is 0 Å². The van der Waals surface area contributed by atoms with Gasteiger partial charge in [0, 0.05) is 27.3 Å². The molecule has 0 spiro atoms. The summed E-state index contributed by atoms with van der Waals surface area (Å²) in [5.74, 6) is -0.883. The van der Waals surface area contributed by atoms with Gasteiger partial charge in [0.25, 0.3) is 5.91 Å². The van der Waals surface area contributed by atoms with E-state index in [9.17, 15) is 9.59 Å². The normalized spacial score (nSPS) is 10.3. The van der Waals surface area contributed by atoms with Gasteiger partial charge in [-0.2, -0.15) is 0 Å². The molecule has 0 saturated carbocycles. The van der Waals surface area contributed by atoms with Crippen LogP contribution in [0.5, 0.6) is 5.75 Å². The third-order valence-corrected chi connectivity index (χ3v) is 2.91. The van der Waals surface area contributed by atoms with E-state index >= 15 is 0 Å². The van der Waals surface area contributed by atoms with Crippen LogP contribution in [0.1, 0.15) is 10.4 Å². The van der Waals surface area contributed by atoms with Crippen molar-refractivity contribution in [2.45, 2.75) is 0 Å². The molecule has 0 aliphatic carbocycles. The maximum absolute atomic E-state index is 12.0. The zero-order valence-corrected chi connectivity index (χ0v) is 12.8. The first-order chi connectivity index (χ1) is 10.6. The highest BCUT2D eigenvalue weighted by Crippen LogP contribution is 2.10. The fraction of sp³-hybridized carbons (Fsp3) is 0.467. The molecule has 0 aromatic heterocycles. The van der Waals surface area contributed by atoms with Gasteiger partial charge in [0.05, 0.1) is 18.8 Å². The second-order valence-electron chi connectivity index (χ2n) is 4.49. The Morgan fingerprint density at radius 2 is 1.59 bits per heavy atom. The van der Waals surface area contributed by atoms with E-state index in [4.69, 9.17) is 19.3 Å². The number of ether oxygens (including phenoxy) is 3. The van der Waals surface area contributed by atoms with Gasteiger partial charge in [-0.15, -0.1) is 0 Å². The molecule has 0 fully saturated rings. The standard InChI is InChI=1S/C15H21NO6/c1-20-9-7-16(8-10-21-2)14(18)11-22-15(19)12-3-5-13(17)6-4-12/h3-6,17H,7-11H2,1-2H3. The number of nitrogens with zero attached hydrogens (tertiary/aromatic N) is 1. The van der Waals surface area contributed by atoms with Gasteiger partial charge in [0.2, 0.25) is 0 Å². The van der Waals surface area contributed by atoms with E-state index in [1.165, 1.54) is 29.2 Å². The summed E-state index contributed by atoms with van der Waals surface area (Å²) in [6.07, 6.45) is 0. The van der Waals surface area contributed by atoms with E-state index in [1.807, 2.05) is 0 Å². The van der Waals surface area contributed by atoms with Crippen molar-refractivity contribution in [3.8, 4) is 5.75 Å². The molecule has 22 heavy (non-hydrogen) atoms. The highest BCUT2D eigenvalue weighted by molar-refractivity contribution is 5.91. The fourth-order valence-corrected chi connectivity index (χ4v) is 1.66. The first kappa shape index (κ1) is 17.9. The number of methoxy groups -OCH3 is 2. The summed E-state index contributed by atoms with van der Waals surface area (Å²) in [4.78, 5) is 25.3. The Kier molecular flexibility index (Phi) is 7.95.